The van der Waals surface area contributed by atoms with E-state index in [4.69, 9.17) is 0 Å². The van der Waals surface area contributed by atoms with Crippen LogP contribution in [0.3, 0.4) is 0 Å². The summed E-state index contributed by atoms with van der Waals surface area (Å²) in [6.45, 7) is 11.4. The Morgan fingerprint density at radius 1 is 1.13 bits per heavy atom. The minimum absolute atomic E-state index is 0.0684. The highest BCUT2D eigenvalue weighted by molar-refractivity contribution is 5.96. The molecule has 2 aliphatic rings. The molecule has 0 radical (unpaired) electrons. The number of amides is 1. The van der Waals surface area contributed by atoms with Gasteiger partial charge >= 0.3 is 0 Å². The second kappa shape index (κ2) is 5.44. The minimum Gasteiger partial charge on any atom is -0.367 e. The zero-order valence-electron chi connectivity index (χ0n) is 14.7. The molecule has 3 heterocycles. The molecule has 0 atom stereocenters. The van der Waals surface area contributed by atoms with Crippen LogP contribution in [0.4, 0.5) is 5.82 Å². The van der Waals surface area contributed by atoms with E-state index in [0.717, 1.165) is 30.6 Å². The third-order valence-electron chi connectivity index (χ3n) is 4.53. The molecule has 0 bridgehead atoms. The molecule has 23 heavy (non-hydrogen) atoms. The number of rotatable bonds is 2. The summed E-state index contributed by atoms with van der Waals surface area (Å²) in [6, 6.07) is 0.324. The molecule has 0 saturated carbocycles. The van der Waals surface area contributed by atoms with Crippen LogP contribution < -0.4 is 16.0 Å². The van der Waals surface area contributed by atoms with Gasteiger partial charge in [-0.25, -0.2) is 9.97 Å². The number of piperidine rings is 1. The van der Waals surface area contributed by atoms with Crippen molar-refractivity contribution in [2.24, 2.45) is 0 Å². The summed E-state index contributed by atoms with van der Waals surface area (Å²) in [4.78, 5) is 21.0. The van der Waals surface area contributed by atoms with Gasteiger partial charge in [-0.05, 0) is 53.9 Å². The molecule has 126 valence electrons. The number of aromatic nitrogens is 2. The van der Waals surface area contributed by atoms with Crippen molar-refractivity contribution in [3.63, 3.8) is 0 Å². The van der Waals surface area contributed by atoms with Crippen molar-refractivity contribution in [1.82, 2.24) is 20.6 Å². The van der Waals surface area contributed by atoms with Crippen molar-refractivity contribution in [3.05, 3.63) is 17.1 Å². The van der Waals surface area contributed by atoms with Crippen LogP contribution in [0.25, 0.3) is 0 Å². The van der Waals surface area contributed by atoms with Gasteiger partial charge in [-0.3, -0.25) is 4.79 Å². The van der Waals surface area contributed by atoms with Crippen LogP contribution in [0.5, 0.6) is 0 Å². The summed E-state index contributed by atoms with van der Waals surface area (Å²) < 4.78 is 0. The first-order chi connectivity index (χ1) is 10.7. The fourth-order valence-corrected chi connectivity index (χ4v) is 4.14. The van der Waals surface area contributed by atoms with Gasteiger partial charge in [-0.15, -0.1) is 0 Å². The van der Waals surface area contributed by atoms with Gasteiger partial charge in [0.1, 0.15) is 17.3 Å². The average Bonchev–Trinajstić information content (AvgIpc) is 2.36. The Morgan fingerprint density at radius 3 is 2.43 bits per heavy atom. The maximum absolute atomic E-state index is 12.0. The van der Waals surface area contributed by atoms with Gasteiger partial charge in [0, 0.05) is 29.2 Å². The lowest BCUT2D eigenvalue weighted by molar-refractivity contribution is 0.0940. The van der Waals surface area contributed by atoms with Crippen LogP contribution in [0.1, 0.15) is 62.4 Å². The number of aryl methyl sites for hydroxylation is 1. The summed E-state index contributed by atoms with van der Waals surface area (Å²) in [5.74, 6) is 1.38. The molecule has 1 saturated heterocycles. The molecule has 1 amide bonds. The van der Waals surface area contributed by atoms with E-state index >= 15 is 0 Å². The Hall–Kier alpha value is -1.69. The van der Waals surface area contributed by atoms with Crippen molar-refractivity contribution in [2.45, 2.75) is 71.0 Å². The molecule has 1 aromatic heterocycles. The van der Waals surface area contributed by atoms with Crippen molar-refractivity contribution >= 4 is 11.7 Å². The van der Waals surface area contributed by atoms with Crippen molar-refractivity contribution < 1.29 is 4.79 Å². The average molecular weight is 317 g/mol. The lowest BCUT2D eigenvalue weighted by Gasteiger charge is -2.47. The summed E-state index contributed by atoms with van der Waals surface area (Å²) in [5.41, 5.74) is 1.62. The van der Waals surface area contributed by atoms with Gasteiger partial charge in [0.25, 0.3) is 5.91 Å². The Kier molecular flexibility index (Phi) is 3.83. The standard InChI is InChI=1S/C17H27N5O/c1-10-19-13-12(6-7-18-15(13)23)14(20-10)21-11-8-16(2,3)22-17(4,5)9-11/h11,22H,6-9H2,1-5H3,(H,18,23)(H,19,20,21). The van der Waals surface area contributed by atoms with Crippen LogP contribution in [-0.4, -0.2) is 39.5 Å². The second-order valence-electron chi connectivity index (χ2n) is 8.09. The number of nitrogens with zero attached hydrogens (tertiary/aromatic N) is 2. The summed E-state index contributed by atoms with van der Waals surface area (Å²) in [5, 5.41) is 10.2. The fraction of sp³-hybridized carbons (Fsp3) is 0.706. The van der Waals surface area contributed by atoms with E-state index in [1.54, 1.807) is 0 Å². The maximum Gasteiger partial charge on any atom is 0.270 e. The van der Waals surface area contributed by atoms with Crippen molar-refractivity contribution in [1.29, 1.82) is 0 Å². The van der Waals surface area contributed by atoms with Crippen molar-refractivity contribution in [2.75, 3.05) is 11.9 Å². The van der Waals surface area contributed by atoms with Gasteiger partial charge < -0.3 is 16.0 Å². The van der Waals surface area contributed by atoms with Gasteiger partial charge in [0.05, 0.1) is 0 Å². The van der Waals surface area contributed by atoms with Gasteiger partial charge in [0.15, 0.2) is 0 Å². The maximum atomic E-state index is 12.0. The van der Waals surface area contributed by atoms with Crippen LogP contribution in [0.15, 0.2) is 0 Å². The molecule has 0 aliphatic carbocycles. The highest BCUT2D eigenvalue weighted by Crippen LogP contribution is 2.31. The van der Waals surface area contributed by atoms with Gasteiger partial charge in [0.2, 0.25) is 0 Å². The molecule has 1 aromatic rings. The summed E-state index contributed by atoms with van der Waals surface area (Å²) in [6.07, 6.45) is 2.81. The van der Waals surface area contributed by atoms with Crippen LogP contribution in [0, 0.1) is 6.92 Å². The molecule has 0 aromatic carbocycles. The van der Waals surface area contributed by atoms with E-state index in [1.807, 2.05) is 6.92 Å². The lowest BCUT2D eigenvalue weighted by Crippen LogP contribution is -2.60. The number of fused-ring (bicyclic) bond motifs is 1. The van der Waals surface area contributed by atoms with Gasteiger partial charge in [-0.2, -0.15) is 0 Å². The molecule has 6 nitrogen and oxygen atoms in total. The first-order valence-electron chi connectivity index (χ1n) is 8.37. The molecular formula is C17H27N5O. The fourth-order valence-electron chi connectivity index (χ4n) is 4.14. The first-order valence-corrected chi connectivity index (χ1v) is 8.37. The minimum atomic E-state index is -0.0919. The molecule has 3 N–H and O–H groups in total. The van der Waals surface area contributed by atoms with Gasteiger partial charge in [-0.1, -0.05) is 0 Å². The molecule has 0 spiro atoms. The molecule has 0 unspecified atom stereocenters. The topological polar surface area (TPSA) is 78.9 Å². The smallest absolute Gasteiger partial charge is 0.270 e. The predicted molar refractivity (Wildman–Crippen MR) is 90.7 cm³/mol. The summed E-state index contributed by atoms with van der Waals surface area (Å²) in [7, 11) is 0. The monoisotopic (exact) mass is 317 g/mol. The zero-order chi connectivity index (χ0) is 16.8. The zero-order valence-corrected chi connectivity index (χ0v) is 14.7. The largest absolute Gasteiger partial charge is 0.367 e. The molecule has 6 heteroatoms. The number of carbonyl (C=O) groups is 1. The predicted octanol–water partition coefficient (Wildman–Crippen LogP) is 1.79. The van der Waals surface area contributed by atoms with Crippen molar-refractivity contribution in [3.8, 4) is 0 Å². The SMILES string of the molecule is Cc1nc(NC2CC(C)(C)NC(C)(C)C2)c2c(n1)C(=O)NCC2. The Labute approximate surface area is 137 Å². The van der Waals surface area contributed by atoms with E-state index in [9.17, 15) is 4.79 Å². The Bertz CT molecular complexity index is 622. The van der Waals surface area contributed by atoms with Crippen LogP contribution in [-0.2, 0) is 6.42 Å². The number of anilines is 1. The molecule has 3 rings (SSSR count). The van der Waals surface area contributed by atoms with E-state index in [-0.39, 0.29) is 17.0 Å². The Morgan fingerprint density at radius 2 is 1.78 bits per heavy atom. The highest BCUT2D eigenvalue weighted by atomic mass is 16.1. The number of nitrogens with one attached hydrogen (secondary N) is 3. The third-order valence-corrected chi connectivity index (χ3v) is 4.53. The molecule has 2 aliphatic heterocycles. The van der Waals surface area contributed by atoms with Crippen LogP contribution >= 0.6 is 0 Å². The normalized spacial score (nSPS) is 23.1. The summed E-state index contributed by atoms with van der Waals surface area (Å²) >= 11 is 0. The quantitative estimate of drug-likeness (QED) is 0.775. The van der Waals surface area contributed by atoms with Crippen LogP contribution in [0.2, 0.25) is 0 Å². The first kappa shape index (κ1) is 16.2. The highest BCUT2D eigenvalue weighted by Gasteiger charge is 2.38. The van der Waals surface area contributed by atoms with E-state index in [2.05, 4.69) is 53.6 Å². The second-order valence-corrected chi connectivity index (χ2v) is 8.09. The van der Waals surface area contributed by atoms with E-state index in [0.29, 0.717) is 24.1 Å². The van der Waals surface area contributed by atoms with E-state index < -0.39 is 0 Å². The third kappa shape index (κ3) is 3.47. The number of hydrogen-bond acceptors (Lipinski definition) is 5. The molecular weight excluding hydrogens is 290 g/mol. The number of carbonyl (C=O) groups excluding carboxylic acids is 1. The van der Waals surface area contributed by atoms with E-state index in [1.165, 1.54) is 0 Å². The number of hydrogen-bond donors (Lipinski definition) is 3. The lowest BCUT2D eigenvalue weighted by atomic mass is 9.79. The Balaban J connectivity index is 1.90. The molecule has 1 fully saturated rings.